The molecule has 1 aromatic heterocycles. The molecule has 0 saturated carbocycles. The standard InChI is InChI=1S/C16H20BrNO3/c1-9(2)6-13(16(19)20)18-10(3)15-8-11-7-12(17)4-5-14(11)21-15/h4-5,7-10,13,18H,6H2,1-3H3,(H,19,20). The number of benzene rings is 1. The molecule has 0 aliphatic heterocycles. The Morgan fingerprint density at radius 3 is 2.67 bits per heavy atom. The molecule has 0 radical (unpaired) electrons. The van der Waals surface area contributed by atoms with Crippen LogP contribution < -0.4 is 5.32 Å². The van der Waals surface area contributed by atoms with Crippen molar-refractivity contribution in [2.24, 2.45) is 5.92 Å². The molecule has 21 heavy (non-hydrogen) atoms. The van der Waals surface area contributed by atoms with Crippen LogP contribution in [0.1, 0.15) is 39.0 Å². The molecule has 0 amide bonds. The molecule has 4 nitrogen and oxygen atoms in total. The van der Waals surface area contributed by atoms with Gasteiger partial charge in [0, 0.05) is 9.86 Å². The van der Waals surface area contributed by atoms with Gasteiger partial charge in [0.1, 0.15) is 17.4 Å². The minimum atomic E-state index is -0.825. The first kappa shape index (κ1) is 16.0. The smallest absolute Gasteiger partial charge is 0.320 e. The molecule has 2 rings (SSSR count). The van der Waals surface area contributed by atoms with Gasteiger partial charge in [-0.2, -0.15) is 0 Å². The molecule has 1 heterocycles. The van der Waals surface area contributed by atoms with E-state index in [1.54, 1.807) is 0 Å². The highest BCUT2D eigenvalue weighted by Crippen LogP contribution is 2.27. The molecule has 0 spiro atoms. The zero-order valence-electron chi connectivity index (χ0n) is 12.4. The number of halogens is 1. The van der Waals surface area contributed by atoms with Crippen molar-refractivity contribution in [2.45, 2.75) is 39.3 Å². The first-order valence-corrected chi connectivity index (χ1v) is 7.84. The van der Waals surface area contributed by atoms with Crippen molar-refractivity contribution in [2.75, 3.05) is 0 Å². The third kappa shape index (κ3) is 4.08. The second kappa shape index (κ2) is 6.62. The molecule has 114 valence electrons. The number of fused-ring (bicyclic) bond motifs is 1. The largest absolute Gasteiger partial charge is 0.480 e. The lowest BCUT2D eigenvalue weighted by atomic mass is 10.0. The van der Waals surface area contributed by atoms with Crippen LogP contribution in [0.5, 0.6) is 0 Å². The van der Waals surface area contributed by atoms with Gasteiger partial charge >= 0.3 is 5.97 Å². The van der Waals surface area contributed by atoms with Gasteiger partial charge in [-0.3, -0.25) is 10.1 Å². The van der Waals surface area contributed by atoms with E-state index in [2.05, 4.69) is 21.2 Å². The van der Waals surface area contributed by atoms with E-state index >= 15 is 0 Å². The molecule has 0 aliphatic carbocycles. The van der Waals surface area contributed by atoms with Gasteiger partial charge in [-0.25, -0.2) is 0 Å². The van der Waals surface area contributed by atoms with Gasteiger partial charge in [0.15, 0.2) is 0 Å². The molecule has 2 aromatic rings. The van der Waals surface area contributed by atoms with Gasteiger partial charge in [-0.15, -0.1) is 0 Å². The maximum Gasteiger partial charge on any atom is 0.320 e. The first-order valence-electron chi connectivity index (χ1n) is 7.04. The average molecular weight is 354 g/mol. The van der Waals surface area contributed by atoms with E-state index in [4.69, 9.17) is 4.42 Å². The first-order chi connectivity index (χ1) is 9.86. The van der Waals surface area contributed by atoms with E-state index < -0.39 is 12.0 Å². The molecular weight excluding hydrogens is 334 g/mol. The summed E-state index contributed by atoms with van der Waals surface area (Å²) in [5, 5.41) is 13.4. The molecule has 2 unspecified atom stereocenters. The Balaban J connectivity index is 2.16. The number of hydrogen-bond acceptors (Lipinski definition) is 3. The second-order valence-corrected chi connectivity index (χ2v) is 6.66. The predicted molar refractivity (Wildman–Crippen MR) is 86.3 cm³/mol. The van der Waals surface area contributed by atoms with Crippen LogP contribution in [0.4, 0.5) is 0 Å². The zero-order chi connectivity index (χ0) is 15.6. The molecule has 5 heteroatoms. The molecule has 0 fully saturated rings. The third-order valence-electron chi connectivity index (χ3n) is 3.38. The number of carboxylic acid groups (broad SMARTS) is 1. The molecule has 0 aliphatic rings. The summed E-state index contributed by atoms with van der Waals surface area (Å²) in [6.45, 7) is 5.95. The maximum atomic E-state index is 11.3. The summed E-state index contributed by atoms with van der Waals surface area (Å²) in [6.07, 6.45) is 0.589. The Morgan fingerprint density at radius 2 is 2.05 bits per heavy atom. The van der Waals surface area contributed by atoms with Crippen molar-refractivity contribution in [3.8, 4) is 0 Å². The summed E-state index contributed by atoms with van der Waals surface area (Å²) in [4.78, 5) is 11.3. The number of furan rings is 1. The second-order valence-electron chi connectivity index (χ2n) is 5.74. The monoisotopic (exact) mass is 353 g/mol. The van der Waals surface area contributed by atoms with Gasteiger partial charge in [0.05, 0.1) is 6.04 Å². The van der Waals surface area contributed by atoms with Gasteiger partial charge < -0.3 is 9.52 Å². The highest BCUT2D eigenvalue weighted by Gasteiger charge is 2.22. The summed E-state index contributed by atoms with van der Waals surface area (Å²) in [5.41, 5.74) is 0.803. The quantitative estimate of drug-likeness (QED) is 0.810. The Kier molecular flexibility index (Phi) is 5.06. The van der Waals surface area contributed by atoms with Crippen LogP contribution in [0.3, 0.4) is 0 Å². The maximum absolute atomic E-state index is 11.3. The topological polar surface area (TPSA) is 62.5 Å². The van der Waals surface area contributed by atoms with Gasteiger partial charge in [0.25, 0.3) is 0 Å². The van der Waals surface area contributed by atoms with Gasteiger partial charge in [-0.05, 0) is 43.5 Å². The zero-order valence-corrected chi connectivity index (χ0v) is 14.0. The number of carboxylic acids is 1. The van der Waals surface area contributed by atoms with Crippen LogP contribution in [-0.4, -0.2) is 17.1 Å². The molecular formula is C16H20BrNO3. The Bertz CT molecular complexity index is 635. The van der Waals surface area contributed by atoms with Crippen LogP contribution in [0.25, 0.3) is 11.0 Å². The minimum absolute atomic E-state index is 0.156. The van der Waals surface area contributed by atoms with Crippen molar-refractivity contribution < 1.29 is 14.3 Å². The number of aliphatic carboxylic acids is 1. The fourth-order valence-corrected chi connectivity index (χ4v) is 2.72. The van der Waals surface area contributed by atoms with Crippen LogP contribution >= 0.6 is 15.9 Å². The normalized spacial score (nSPS) is 14.5. The van der Waals surface area contributed by atoms with Crippen LogP contribution in [0.15, 0.2) is 33.2 Å². The Morgan fingerprint density at radius 1 is 1.33 bits per heavy atom. The molecule has 0 saturated heterocycles. The van der Waals surface area contributed by atoms with Crippen molar-refractivity contribution >= 4 is 32.9 Å². The SMILES string of the molecule is CC(C)CC(NC(C)c1cc2cc(Br)ccc2o1)C(=O)O. The van der Waals surface area contributed by atoms with Crippen molar-refractivity contribution in [1.29, 1.82) is 0 Å². The van der Waals surface area contributed by atoms with Crippen LogP contribution in [-0.2, 0) is 4.79 Å². The average Bonchev–Trinajstić information content (AvgIpc) is 2.80. The highest BCUT2D eigenvalue weighted by atomic mass is 79.9. The number of nitrogens with one attached hydrogen (secondary N) is 1. The summed E-state index contributed by atoms with van der Waals surface area (Å²) < 4.78 is 6.79. The van der Waals surface area contributed by atoms with Crippen LogP contribution in [0, 0.1) is 5.92 Å². The van der Waals surface area contributed by atoms with E-state index in [-0.39, 0.29) is 6.04 Å². The lowest BCUT2D eigenvalue weighted by Gasteiger charge is -2.20. The molecule has 2 N–H and O–H groups in total. The summed E-state index contributed by atoms with van der Waals surface area (Å²) in [5.74, 6) is 0.241. The van der Waals surface area contributed by atoms with E-state index in [0.717, 1.165) is 21.2 Å². The highest BCUT2D eigenvalue weighted by molar-refractivity contribution is 9.10. The summed E-state index contributed by atoms with van der Waals surface area (Å²) in [7, 11) is 0. The predicted octanol–water partition coefficient (Wildman–Crippen LogP) is 4.35. The molecule has 0 bridgehead atoms. The number of carbonyl (C=O) groups is 1. The van der Waals surface area contributed by atoms with Gasteiger partial charge in [-0.1, -0.05) is 29.8 Å². The minimum Gasteiger partial charge on any atom is -0.480 e. The third-order valence-corrected chi connectivity index (χ3v) is 3.87. The summed E-state index contributed by atoms with van der Waals surface area (Å²) in [6, 6.07) is 7.03. The number of hydrogen-bond donors (Lipinski definition) is 2. The Hall–Kier alpha value is -1.33. The van der Waals surface area contributed by atoms with E-state index in [9.17, 15) is 9.90 Å². The lowest BCUT2D eigenvalue weighted by Crippen LogP contribution is -2.39. The number of rotatable bonds is 6. The van der Waals surface area contributed by atoms with E-state index in [1.165, 1.54) is 0 Å². The van der Waals surface area contributed by atoms with E-state index in [1.807, 2.05) is 45.0 Å². The summed E-state index contributed by atoms with van der Waals surface area (Å²) >= 11 is 3.43. The fourth-order valence-electron chi connectivity index (χ4n) is 2.34. The van der Waals surface area contributed by atoms with Crippen molar-refractivity contribution in [3.05, 3.63) is 34.5 Å². The van der Waals surface area contributed by atoms with Crippen LogP contribution in [0.2, 0.25) is 0 Å². The Labute approximate surface area is 132 Å². The van der Waals surface area contributed by atoms with Crippen molar-refractivity contribution in [3.63, 3.8) is 0 Å². The lowest BCUT2D eigenvalue weighted by molar-refractivity contribution is -0.140. The van der Waals surface area contributed by atoms with E-state index in [0.29, 0.717) is 12.3 Å². The van der Waals surface area contributed by atoms with Crippen molar-refractivity contribution in [1.82, 2.24) is 5.32 Å². The molecule has 1 aromatic carbocycles. The fraction of sp³-hybridized carbons (Fsp3) is 0.438. The van der Waals surface area contributed by atoms with Gasteiger partial charge in [0.2, 0.25) is 0 Å². The molecule has 2 atom stereocenters.